The van der Waals surface area contributed by atoms with Crippen molar-refractivity contribution in [3.8, 4) is 0 Å². The van der Waals surface area contributed by atoms with E-state index in [1.165, 1.54) is 11.1 Å². The number of aromatic nitrogens is 2. The van der Waals surface area contributed by atoms with Crippen molar-refractivity contribution >= 4 is 28.1 Å². The highest BCUT2D eigenvalue weighted by molar-refractivity contribution is 7.16. The average Bonchev–Trinajstić information content (AvgIpc) is 3.43. The third kappa shape index (κ3) is 4.41. The second-order valence-corrected chi connectivity index (χ2v) is 8.00. The number of aryl methyl sites for hydroxylation is 2. The first-order valence-electron chi connectivity index (χ1n) is 9.70. The second kappa shape index (κ2) is 8.92. The largest absolute Gasteiger partial charge is 0.459 e. The Labute approximate surface area is 179 Å². The van der Waals surface area contributed by atoms with Crippen molar-refractivity contribution < 1.29 is 9.21 Å². The summed E-state index contributed by atoms with van der Waals surface area (Å²) in [5, 5.41) is 7.32. The van der Waals surface area contributed by atoms with E-state index in [4.69, 9.17) is 4.42 Å². The van der Waals surface area contributed by atoms with E-state index in [2.05, 4.69) is 33.6 Å². The van der Waals surface area contributed by atoms with Gasteiger partial charge in [-0.15, -0.1) is 11.3 Å². The molecule has 4 heterocycles. The molecule has 1 amide bonds. The number of nitrogens with zero attached hydrogens (tertiary/aromatic N) is 2. The third-order valence-corrected chi connectivity index (χ3v) is 5.88. The number of furan rings is 1. The Hall–Kier alpha value is -3.45. The van der Waals surface area contributed by atoms with Crippen LogP contribution < -0.4 is 10.6 Å². The molecule has 0 bridgehead atoms. The zero-order valence-corrected chi connectivity index (χ0v) is 17.6. The first-order valence-corrected chi connectivity index (χ1v) is 10.5. The molecule has 0 aromatic carbocycles. The van der Waals surface area contributed by atoms with E-state index >= 15 is 0 Å². The molecule has 4 rings (SSSR count). The molecule has 30 heavy (non-hydrogen) atoms. The number of nitrogens with one attached hydrogen (secondary N) is 2. The summed E-state index contributed by atoms with van der Waals surface area (Å²) in [5.74, 6) is 0.763. The van der Waals surface area contributed by atoms with E-state index in [0.717, 1.165) is 33.9 Å². The summed E-state index contributed by atoms with van der Waals surface area (Å²) in [5.41, 5.74) is 3.06. The van der Waals surface area contributed by atoms with E-state index in [1.807, 2.05) is 37.4 Å². The van der Waals surface area contributed by atoms with Crippen molar-refractivity contribution in [3.63, 3.8) is 0 Å². The molecule has 4 aromatic rings. The lowest BCUT2D eigenvalue weighted by atomic mass is 10.0. The molecule has 0 fully saturated rings. The fourth-order valence-electron chi connectivity index (χ4n) is 3.17. The second-order valence-electron chi connectivity index (χ2n) is 6.86. The molecule has 6 nitrogen and oxygen atoms in total. The molecule has 1 unspecified atom stereocenters. The van der Waals surface area contributed by atoms with Gasteiger partial charge < -0.3 is 15.1 Å². The SMILES string of the molecule is CCc1cc(C(Nc2cc(C)ccn2)c2cccnc2)c(NC(=O)c2ccco2)s1. The van der Waals surface area contributed by atoms with Crippen LogP contribution in [-0.4, -0.2) is 15.9 Å². The van der Waals surface area contributed by atoms with Crippen molar-refractivity contribution in [2.45, 2.75) is 26.3 Å². The molecule has 1 atom stereocenters. The predicted octanol–water partition coefficient (Wildman–Crippen LogP) is 5.46. The molecular formula is C23H22N4O2S. The number of anilines is 2. The van der Waals surface area contributed by atoms with Crippen LogP contribution in [-0.2, 0) is 6.42 Å². The Kier molecular flexibility index (Phi) is 5.90. The van der Waals surface area contributed by atoms with E-state index in [1.54, 1.807) is 35.9 Å². The minimum absolute atomic E-state index is 0.226. The number of thiophene rings is 1. The van der Waals surface area contributed by atoms with E-state index in [9.17, 15) is 4.79 Å². The quantitative estimate of drug-likeness (QED) is 0.417. The number of amides is 1. The molecule has 0 aliphatic heterocycles. The Morgan fingerprint density at radius 2 is 2.10 bits per heavy atom. The van der Waals surface area contributed by atoms with Crippen LogP contribution >= 0.6 is 11.3 Å². The minimum atomic E-state index is -0.274. The van der Waals surface area contributed by atoms with Crippen molar-refractivity contribution in [1.82, 2.24) is 9.97 Å². The Bertz CT molecular complexity index is 1120. The van der Waals surface area contributed by atoms with Gasteiger partial charge in [-0.2, -0.15) is 0 Å². The van der Waals surface area contributed by atoms with Crippen LogP contribution in [0.15, 0.2) is 71.7 Å². The van der Waals surface area contributed by atoms with Gasteiger partial charge in [0, 0.05) is 29.0 Å². The van der Waals surface area contributed by atoms with Gasteiger partial charge in [0.15, 0.2) is 5.76 Å². The van der Waals surface area contributed by atoms with Crippen molar-refractivity contribution in [3.05, 3.63) is 94.6 Å². The lowest BCUT2D eigenvalue weighted by molar-refractivity contribution is 0.0997. The summed E-state index contributed by atoms with van der Waals surface area (Å²) in [7, 11) is 0. The number of pyridine rings is 2. The molecule has 2 N–H and O–H groups in total. The number of carbonyl (C=O) groups excluding carboxylic acids is 1. The van der Waals surface area contributed by atoms with Crippen LogP contribution in [0.25, 0.3) is 0 Å². The van der Waals surface area contributed by atoms with Gasteiger partial charge in [0.05, 0.1) is 12.3 Å². The lowest BCUT2D eigenvalue weighted by Crippen LogP contribution is -2.17. The van der Waals surface area contributed by atoms with Crippen LogP contribution in [0.5, 0.6) is 0 Å². The highest BCUT2D eigenvalue weighted by Gasteiger charge is 2.23. The summed E-state index contributed by atoms with van der Waals surface area (Å²) >= 11 is 1.57. The van der Waals surface area contributed by atoms with E-state index in [0.29, 0.717) is 0 Å². The highest BCUT2D eigenvalue weighted by atomic mass is 32.1. The van der Waals surface area contributed by atoms with Gasteiger partial charge in [-0.05, 0) is 60.9 Å². The van der Waals surface area contributed by atoms with Crippen molar-refractivity contribution in [2.24, 2.45) is 0 Å². The first-order chi connectivity index (χ1) is 14.6. The predicted molar refractivity (Wildman–Crippen MR) is 119 cm³/mol. The number of hydrogen-bond acceptors (Lipinski definition) is 6. The fourth-order valence-corrected chi connectivity index (χ4v) is 4.20. The molecule has 0 spiro atoms. The minimum Gasteiger partial charge on any atom is -0.459 e. The molecule has 0 radical (unpaired) electrons. The van der Waals surface area contributed by atoms with Gasteiger partial charge in [0.2, 0.25) is 0 Å². The normalized spacial score (nSPS) is 11.8. The number of hydrogen-bond donors (Lipinski definition) is 2. The van der Waals surface area contributed by atoms with Crippen LogP contribution in [0.4, 0.5) is 10.8 Å². The summed E-state index contributed by atoms with van der Waals surface area (Å²) < 4.78 is 5.25. The van der Waals surface area contributed by atoms with Gasteiger partial charge >= 0.3 is 0 Å². The van der Waals surface area contributed by atoms with Gasteiger partial charge in [-0.3, -0.25) is 9.78 Å². The van der Waals surface area contributed by atoms with Gasteiger partial charge in [-0.1, -0.05) is 13.0 Å². The maximum absolute atomic E-state index is 12.6. The molecule has 7 heteroatoms. The average molecular weight is 419 g/mol. The summed E-state index contributed by atoms with van der Waals surface area (Å²) in [4.78, 5) is 22.6. The molecule has 0 saturated carbocycles. The molecule has 4 aromatic heterocycles. The zero-order chi connectivity index (χ0) is 20.9. The molecule has 0 aliphatic rings. The van der Waals surface area contributed by atoms with E-state index in [-0.39, 0.29) is 17.7 Å². The summed E-state index contributed by atoms with van der Waals surface area (Å²) in [6.07, 6.45) is 7.72. The van der Waals surface area contributed by atoms with Gasteiger partial charge in [-0.25, -0.2) is 4.98 Å². The zero-order valence-electron chi connectivity index (χ0n) is 16.8. The van der Waals surface area contributed by atoms with Crippen molar-refractivity contribution in [2.75, 3.05) is 10.6 Å². The van der Waals surface area contributed by atoms with Gasteiger partial charge in [0.25, 0.3) is 5.91 Å². The molecular weight excluding hydrogens is 396 g/mol. The monoisotopic (exact) mass is 418 g/mol. The summed E-state index contributed by atoms with van der Waals surface area (Å²) in [6.45, 7) is 4.13. The van der Waals surface area contributed by atoms with Gasteiger partial charge in [0.1, 0.15) is 10.8 Å². The summed E-state index contributed by atoms with van der Waals surface area (Å²) in [6, 6.07) is 13.1. The number of carbonyl (C=O) groups is 1. The maximum atomic E-state index is 12.6. The lowest BCUT2D eigenvalue weighted by Gasteiger charge is -2.21. The third-order valence-electron chi connectivity index (χ3n) is 4.67. The standard InChI is InChI=1S/C23H22N4O2S/c1-3-17-13-18(23(30-17)27-22(28)19-7-5-11-29-19)21(16-6-4-9-24-14-16)26-20-12-15(2)8-10-25-20/h4-14,21H,3H2,1-2H3,(H,25,26)(H,27,28). The topological polar surface area (TPSA) is 80.0 Å². The smallest absolute Gasteiger partial charge is 0.291 e. The van der Waals surface area contributed by atoms with Crippen LogP contribution in [0, 0.1) is 6.92 Å². The Morgan fingerprint density at radius 3 is 2.80 bits per heavy atom. The first kappa shape index (κ1) is 19.8. The maximum Gasteiger partial charge on any atom is 0.291 e. The molecule has 0 aliphatic carbocycles. The Morgan fingerprint density at radius 1 is 1.20 bits per heavy atom. The molecule has 152 valence electrons. The highest BCUT2D eigenvalue weighted by Crippen LogP contribution is 2.38. The van der Waals surface area contributed by atoms with Crippen LogP contribution in [0.3, 0.4) is 0 Å². The molecule has 0 saturated heterocycles. The number of rotatable bonds is 7. The van der Waals surface area contributed by atoms with Crippen LogP contribution in [0.2, 0.25) is 0 Å². The van der Waals surface area contributed by atoms with Crippen LogP contribution in [0.1, 0.15) is 45.1 Å². The van der Waals surface area contributed by atoms with E-state index < -0.39 is 0 Å². The van der Waals surface area contributed by atoms with Crippen molar-refractivity contribution in [1.29, 1.82) is 0 Å². The fraction of sp³-hybridized carbons (Fsp3) is 0.174. The Balaban J connectivity index is 1.74.